The maximum Gasteiger partial charge on any atom is 0.325 e. The summed E-state index contributed by atoms with van der Waals surface area (Å²) in [6.07, 6.45) is 0. The van der Waals surface area contributed by atoms with Crippen molar-refractivity contribution in [3.63, 3.8) is 0 Å². The van der Waals surface area contributed by atoms with E-state index in [1.165, 1.54) is 0 Å². The number of anilines is 2. The van der Waals surface area contributed by atoms with Gasteiger partial charge in [-0.15, -0.1) is 0 Å². The molecule has 0 radical (unpaired) electrons. The quantitative estimate of drug-likeness (QED) is 0.680. The van der Waals surface area contributed by atoms with Crippen LogP contribution in [-0.4, -0.2) is 74.7 Å². The Kier molecular flexibility index (Phi) is 6.43. The number of carbonyl (C=O) groups excluding carboxylic acids is 2. The van der Waals surface area contributed by atoms with Gasteiger partial charge in [-0.25, -0.2) is 4.79 Å². The highest BCUT2D eigenvalue weighted by Gasteiger charge is 2.33. The van der Waals surface area contributed by atoms with Crippen LogP contribution in [0.15, 0.2) is 42.5 Å². The van der Waals surface area contributed by atoms with E-state index >= 15 is 0 Å². The molecule has 0 saturated carbocycles. The third-order valence-corrected chi connectivity index (χ3v) is 6.44. The first-order valence-electron chi connectivity index (χ1n) is 10.1. The van der Waals surface area contributed by atoms with Crippen molar-refractivity contribution in [3.05, 3.63) is 52.5 Å². The Morgan fingerprint density at radius 2 is 1.71 bits per heavy atom. The lowest BCUT2D eigenvalue weighted by Crippen LogP contribution is -2.51. The van der Waals surface area contributed by atoms with Crippen LogP contribution in [-0.2, 0) is 4.79 Å². The van der Waals surface area contributed by atoms with E-state index in [2.05, 4.69) is 4.90 Å². The second-order valence-electron chi connectivity index (χ2n) is 7.49. The number of nitrogens with zero attached hydrogens (tertiary/aromatic N) is 4. The van der Waals surface area contributed by atoms with Crippen LogP contribution in [0.3, 0.4) is 0 Å². The van der Waals surface area contributed by atoms with E-state index in [1.807, 2.05) is 41.3 Å². The highest BCUT2D eigenvalue weighted by atomic mass is 35.5. The van der Waals surface area contributed by atoms with Crippen LogP contribution in [0, 0.1) is 0 Å². The topological polar surface area (TPSA) is 56.3 Å². The van der Waals surface area contributed by atoms with Gasteiger partial charge in [0, 0.05) is 45.0 Å². The molecule has 0 aromatic heterocycles. The summed E-state index contributed by atoms with van der Waals surface area (Å²) in [5, 5.41) is 1.04. The fraction of sp³-hybridized carbons (Fsp3) is 0.364. The van der Waals surface area contributed by atoms with Crippen LogP contribution in [0.1, 0.15) is 0 Å². The lowest BCUT2D eigenvalue weighted by Gasteiger charge is -2.36. The van der Waals surface area contributed by atoms with E-state index in [1.54, 1.807) is 23.0 Å². The summed E-state index contributed by atoms with van der Waals surface area (Å²) in [6, 6.07) is 12.8. The number of methoxy groups -OCH3 is 1. The predicted molar refractivity (Wildman–Crippen MR) is 123 cm³/mol. The maximum absolute atomic E-state index is 12.9. The number of rotatable bonds is 5. The highest BCUT2D eigenvalue weighted by Crippen LogP contribution is 2.30. The Morgan fingerprint density at radius 3 is 2.42 bits per heavy atom. The van der Waals surface area contributed by atoms with Crippen LogP contribution in [0.25, 0.3) is 0 Å². The van der Waals surface area contributed by atoms with E-state index in [-0.39, 0.29) is 18.5 Å². The molecule has 2 fully saturated rings. The van der Waals surface area contributed by atoms with E-state index in [4.69, 9.17) is 27.9 Å². The van der Waals surface area contributed by atoms with Crippen molar-refractivity contribution < 1.29 is 14.3 Å². The van der Waals surface area contributed by atoms with Gasteiger partial charge in [0.15, 0.2) is 0 Å². The normalized spacial score (nSPS) is 16.8. The van der Waals surface area contributed by atoms with E-state index < -0.39 is 0 Å². The molecule has 0 N–H and O–H groups in total. The molecule has 2 aromatic carbocycles. The minimum atomic E-state index is -0.174. The molecule has 31 heavy (non-hydrogen) atoms. The molecule has 7 nitrogen and oxygen atoms in total. The van der Waals surface area contributed by atoms with E-state index in [9.17, 15) is 9.59 Å². The molecule has 3 amide bonds. The number of halogens is 2. The number of urea groups is 1. The number of amides is 3. The molecule has 0 atom stereocenters. The Morgan fingerprint density at radius 1 is 0.968 bits per heavy atom. The Bertz CT molecular complexity index is 979. The molecular formula is C22H24Cl2N4O3. The van der Waals surface area contributed by atoms with Gasteiger partial charge in [-0.2, -0.15) is 0 Å². The molecule has 0 unspecified atom stereocenters. The molecule has 2 heterocycles. The Hall–Kier alpha value is -2.64. The molecular weight excluding hydrogens is 439 g/mol. The number of ether oxygens (including phenoxy) is 1. The van der Waals surface area contributed by atoms with Gasteiger partial charge < -0.3 is 19.4 Å². The van der Waals surface area contributed by atoms with Crippen LogP contribution in [0.4, 0.5) is 16.2 Å². The zero-order valence-electron chi connectivity index (χ0n) is 17.3. The standard InChI is InChI=1S/C22H24Cl2N4O3/c1-31-20-5-3-2-4-19(20)28-13-12-27(22(28)30)15-21(29)26-10-8-25(9-11-26)16-6-7-17(23)18(24)14-16/h2-7,14H,8-13,15H2,1H3. The van der Waals surface area contributed by atoms with Gasteiger partial charge in [-0.05, 0) is 30.3 Å². The van der Waals surface area contributed by atoms with E-state index in [0.717, 1.165) is 11.4 Å². The lowest BCUT2D eigenvalue weighted by atomic mass is 10.2. The minimum Gasteiger partial charge on any atom is -0.495 e. The van der Waals surface area contributed by atoms with Crippen LogP contribution in [0.2, 0.25) is 10.0 Å². The number of carbonyl (C=O) groups is 2. The van der Waals surface area contributed by atoms with E-state index in [0.29, 0.717) is 55.1 Å². The van der Waals surface area contributed by atoms with Gasteiger partial charge in [0.2, 0.25) is 5.91 Å². The molecule has 9 heteroatoms. The minimum absolute atomic E-state index is 0.0379. The summed E-state index contributed by atoms with van der Waals surface area (Å²) < 4.78 is 5.37. The lowest BCUT2D eigenvalue weighted by molar-refractivity contribution is -0.131. The van der Waals surface area contributed by atoms with Gasteiger partial charge in [-0.1, -0.05) is 35.3 Å². The SMILES string of the molecule is COc1ccccc1N1CCN(CC(=O)N2CCN(c3ccc(Cl)c(Cl)c3)CC2)C1=O. The summed E-state index contributed by atoms with van der Waals surface area (Å²) in [7, 11) is 1.58. The van der Waals surface area contributed by atoms with Crippen molar-refractivity contribution in [3.8, 4) is 5.75 Å². The molecule has 4 rings (SSSR count). The van der Waals surface area contributed by atoms with Crippen molar-refractivity contribution in [1.82, 2.24) is 9.80 Å². The second kappa shape index (κ2) is 9.24. The van der Waals surface area contributed by atoms with Crippen molar-refractivity contribution in [1.29, 1.82) is 0 Å². The summed E-state index contributed by atoms with van der Waals surface area (Å²) in [6.45, 7) is 3.70. The number of hydrogen-bond acceptors (Lipinski definition) is 4. The first-order valence-corrected chi connectivity index (χ1v) is 10.9. The van der Waals surface area contributed by atoms with Gasteiger partial charge >= 0.3 is 6.03 Å². The third kappa shape index (κ3) is 4.52. The summed E-state index contributed by atoms with van der Waals surface area (Å²) in [5.74, 6) is 0.603. The average Bonchev–Trinajstić information content (AvgIpc) is 3.15. The van der Waals surface area contributed by atoms with Crippen molar-refractivity contribution >= 4 is 46.5 Å². The van der Waals surface area contributed by atoms with Gasteiger partial charge in [0.1, 0.15) is 12.3 Å². The first kappa shape index (κ1) is 21.6. The molecule has 2 aliphatic rings. The smallest absolute Gasteiger partial charge is 0.325 e. The van der Waals surface area contributed by atoms with Crippen molar-refractivity contribution in [2.75, 3.05) is 62.7 Å². The monoisotopic (exact) mass is 462 g/mol. The number of hydrogen-bond donors (Lipinski definition) is 0. The van der Waals surface area contributed by atoms with Gasteiger partial charge in [0.25, 0.3) is 0 Å². The fourth-order valence-electron chi connectivity index (χ4n) is 3.96. The molecule has 0 spiro atoms. The largest absolute Gasteiger partial charge is 0.495 e. The maximum atomic E-state index is 12.9. The second-order valence-corrected chi connectivity index (χ2v) is 8.31. The first-order chi connectivity index (χ1) is 15.0. The van der Waals surface area contributed by atoms with Gasteiger partial charge in [-0.3, -0.25) is 9.69 Å². The number of para-hydroxylation sites is 2. The molecule has 0 aliphatic carbocycles. The Balaban J connectivity index is 1.33. The van der Waals surface area contributed by atoms with Gasteiger partial charge in [0.05, 0.1) is 22.8 Å². The Labute approximate surface area is 191 Å². The zero-order chi connectivity index (χ0) is 22.0. The number of benzene rings is 2. The molecule has 2 saturated heterocycles. The van der Waals surface area contributed by atoms with Crippen molar-refractivity contribution in [2.45, 2.75) is 0 Å². The molecule has 2 aromatic rings. The van der Waals surface area contributed by atoms with Crippen LogP contribution < -0.4 is 14.5 Å². The third-order valence-electron chi connectivity index (χ3n) is 5.70. The molecule has 2 aliphatic heterocycles. The molecule has 0 bridgehead atoms. The summed E-state index contributed by atoms with van der Waals surface area (Å²) >= 11 is 12.1. The van der Waals surface area contributed by atoms with Crippen LogP contribution in [0.5, 0.6) is 5.75 Å². The predicted octanol–water partition coefficient (Wildman–Crippen LogP) is 3.59. The van der Waals surface area contributed by atoms with Crippen LogP contribution >= 0.6 is 23.2 Å². The summed E-state index contributed by atoms with van der Waals surface area (Å²) in [5.41, 5.74) is 1.71. The fourth-order valence-corrected chi connectivity index (χ4v) is 4.26. The number of piperazine rings is 1. The highest BCUT2D eigenvalue weighted by molar-refractivity contribution is 6.42. The van der Waals surface area contributed by atoms with Crippen molar-refractivity contribution in [2.24, 2.45) is 0 Å². The zero-order valence-corrected chi connectivity index (χ0v) is 18.8. The summed E-state index contributed by atoms with van der Waals surface area (Å²) in [4.78, 5) is 33.0. The molecule has 164 valence electrons. The average molecular weight is 463 g/mol.